The third-order valence-corrected chi connectivity index (χ3v) is 2.48. The molecule has 122 valence electrons. The molecule has 0 saturated carbocycles. The molecule has 0 spiro atoms. The van der Waals surface area contributed by atoms with Crippen LogP contribution >= 0.6 is 0 Å². The van der Waals surface area contributed by atoms with E-state index in [0.29, 0.717) is 0 Å². The van der Waals surface area contributed by atoms with Crippen LogP contribution in [0.25, 0.3) is 0 Å². The first-order valence-electron chi connectivity index (χ1n) is 4.52. The largest absolute Gasteiger partial charge is 0.460 e. The number of halogens is 12. The summed E-state index contributed by atoms with van der Waals surface area (Å²) in [5, 5.41) is 0. The highest BCUT2D eigenvalue weighted by Crippen LogP contribution is 2.59. The minimum atomic E-state index is -7.28. The quantitative estimate of drug-likeness (QED) is 0.647. The predicted molar refractivity (Wildman–Crippen MR) is 41.0 cm³/mol. The smallest absolute Gasteiger partial charge is 0.230 e. The van der Waals surface area contributed by atoms with Crippen LogP contribution in [0.4, 0.5) is 52.7 Å². The summed E-state index contributed by atoms with van der Waals surface area (Å²) in [6, 6.07) is 0. The van der Waals surface area contributed by atoms with Crippen molar-refractivity contribution in [1.29, 1.82) is 0 Å². The highest BCUT2D eigenvalue weighted by molar-refractivity contribution is 5.12. The Bertz CT molecular complexity index is 321. The van der Waals surface area contributed by atoms with Gasteiger partial charge in [0.1, 0.15) is 0 Å². The first-order valence-corrected chi connectivity index (χ1v) is 4.52. The van der Waals surface area contributed by atoms with Gasteiger partial charge in [0.15, 0.2) is 0 Å². The first kappa shape index (κ1) is 19.2. The molecule has 0 nitrogen and oxygen atoms in total. The molecule has 12 heteroatoms. The molecule has 0 bridgehead atoms. The van der Waals surface area contributed by atoms with Crippen molar-refractivity contribution in [1.82, 2.24) is 0 Å². The molecule has 0 amide bonds. The van der Waals surface area contributed by atoms with Crippen LogP contribution in [0.5, 0.6) is 0 Å². The lowest BCUT2D eigenvalue weighted by molar-refractivity contribution is -0.409. The van der Waals surface area contributed by atoms with Crippen LogP contribution in [-0.2, 0) is 0 Å². The van der Waals surface area contributed by atoms with E-state index in [1.807, 2.05) is 0 Å². The molecule has 0 heterocycles. The van der Waals surface area contributed by atoms with Gasteiger partial charge in [0, 0.05) is 6.92 Å². The monoisotopic (exact) mass is 330 g/mol. The Morgan fingerprint density at radius 2 is 0.750 bits per heavy atom. The van der Waals surface area contributed by atoms with Gasteiger partial charge in [0.2, 0.25) is 5.67 Å². The van der Waals surface area contributed by atoms with E-state index in [-0.39, 0.29) is 0 Å². The van der Waals surface area contributed by atoms with E-state index < -0.39 is 49.4 Å². The number of hydrogen-bond acceptors (Lipinski definition) is 0. The summed E-state index contributed by atoms with van der Waals surface area (Å²) in [6.07, 6.45) is -7.12. The number of alkyl halides is 12. The zero-order chi connectivity index (χ0) is 17.0. The lowest BCUT2D eigenvalue weighted by Gasteiger charge is -2.41. The van der Waals surface area contributed by atoms with E-state index in [9.17, 15) is 52.7 Å². The van der Waals surface area contributed by atoms with Crippen molar-refractivity contribution in [3.8, 4) is 0 Å². The van der Waals surface area contributed by atoms with Gasteiger partial charge in [-0.2, -0.15) is 39.5 Å². The van der Waals surface area contributed by atoms with Crippen molar-refractivity contribution in [2.75, 3.05) is 0 Å². The maximum atomic E-state index is 13.2. The summed E-state index contributed by atoms with van der Waals surface area (Å²) in [5.74, 6) is -26.5. The van der Waals surface area contributed by atoms with Crippen LogP contribution in [0, 0.1) is 0 Å². The van der Waals surface area contributed by atoms with Gasteiger partial charge in [-0.1, -0.05) is 0 Å². The molecule has 0 rings (SSSR count). The Balaban J connectivity index is 6.08. The standard InChI is InChI=1S/C8H6F12/c1-3(9,5(12,13)4(2,10)11)6(14,15)7(16,17)8(18,19)20/h1-2H3. The summed E-state index contributed by atoms with van der Waals surface area (Å²) < 4.78 is 149. The fourth-order valence-corrected chi connectivity index (χ4v) is 1.08. The predicted octanol–water partition coefficient (Wildman–Crippen LogP) is 4.84. The molecule has 0 N–H and O–H groups in total. The average molecular weight is 330 g/mol. The molecule has 20 heavy (non-hydrogen) atoms. The Kier molecular flexibility index (Phi) is 4.14. The van der Waals surface area contributed by atoms with Gasteiger partial charge in [-0.25, -0.2) is 13.2 Å². The fraction of sp³-hybridized carbons (Fsp3) is 1.00. The van der Waals surface area contributed by atoms with Gasteiger partial charge in [0.25, 0.3) is 0 Å². The Morgan fingerprint density at radius 1 is 0.450 bits per heavy atom. The van der Waals surface area contributed by atoms with Crippen LogP contribution in [0.1, 0.15) is 13.8 Å². The second-order valence-electron chi connectivity index (χ2n) is 4.11. The number of hydrogen-bond donors (Lipinski definition) is 0. The van der Waals surface area contributed by atoms with Gasteiger partial charge >= 0.3 is 29.9 Å². The van der Waals surface area contributed by atoms with Gasteiger partial charge in [-0.05, 0) is 6.92 Å². The summed E-state index contributed by atoms with van der Waals surface area (Å²) in [5.41, 5.74) is -6.17. The van der Waals surface area contributed by atoms with Crippen molar-refractivity contribution in [2.45, 2.75) is 49.4 Å². The van der Waals surface area contributed by atoms with Crippen molar-refractivity contribution in [2.24, 2.45) is 0 Å². The zero-order valence-corrected chi connectivity index (χ0v) is 9.54. The normalized spacial score (nSPS) is 18.9. The maximum absolute atomic E-state index is 13.2. The summed E-state index contributed by atoms with van der Waals surface area (Å²) in [7, 11) is 0. The zero-order valence-electron chi connectivity index (χ0n) is 9.54. The van der Waals surface area contributed by atoms with E-state index in [4.69, 9.17) is 0 Å². The molecular weight excluding hydrogens is 324 g/mol. The molecule has 0 aliphatic rings. The molecular formula is C8H6F12. The third kappa shape index (κ3) is 2.30. The molecule has 0 aromatic carbocycles. The van der Waals surface area contributed by atoms with Crippen LogP contribution in [0.15, 0.2) is 0 Å². The molecule has 0 aliphatic heterocycles. The lowest BCUT2D eigenvalue weighted by atomic mass is 9.85. The van der Waals surface area contributed by atoms with E-state index in [1.54, 1.807) is 0 Å². The van der Waals surface area contributed by atoms with Gasteiger partial charge < -0.3 is 0 Å². The summed E-state index contributed by atoms with van der Waals surface area (Å²) in [4.78, 5) is 0. The highest BCUT2D eigenvalue weighted by Gasteiger charge is 2.86. The summed E-state index contributed by atoms with van der Waals surface area (Å²) >= 11 is 0. The molecule has 0 fully saturated rings. The molecule has 0 saturated heterocycles. The van der Waals surface area contributed by atoms with Gasteiger partial charge in [0.05, 0.1) is 0 Å². The van der Waals surface area contributed by atoms with E-state index >= 15 is 0 Å². The molecule has 1 atom stereocenters. The molecule has 0 aromatic heterocycles. The van der Waals surface area contributed by atoms with Crippen molar-refractivity contribution >= 4 is 0 Å². The minimum Gasteiger partial charge on any atom is -0.230 e. The maximum Gasteiger partial charge on any atom is 0.460 e. The first-order chi connectivity index (χ1) is 8.25. The fourth-order valence-electron chi connectivity index (χ4n) is 1.08. The lowest BCUT2D eigenvalue weighted by Crippen LogP contribution is -2.70. The van der Waals surface area contributed by atoms with Crippen LogP contribution < -0.4 is 0 Å². The molecule has 0 radical (unpaired) electrons. The second-order valence-corrected chi connectivity index (χ2v) is 4.11. The second kappa shape index (κ2) is 4.33. The van der Waals surface area contributed by atoms with Gasteiger partial charge in [-0.3, -0.25) is 0 Å². The molecule has 0 aliphatic carbocycles. The Hall–Kier alpha value is -0.840. The van der Waals surface area contributed by atoms with E-state index in [1.165, 1.54) is 0 Å². The highest BCUT2D eigenvalue weighted by atomic mass is 19.4. The molecule has 1 unspecified atom stereocenters. The van der Waals surface area contributed by atoms with E-state index in [0.717, 1.165) is 0 Å². The van der Waals surface area contributed by atoms with Crippen molar-refractivity contribution in [3.05, 3.63) is 0 Å². The SMILES string of the molecule is CC(F)(F)C(F)(F)C(C)(F)C(F)(F)C(F)(F)C(F)(F)F. The van der Waals surface area contributed by atoms with Crippen LogP contribution in [0.2, 0.25) is 0 Å². The van der Waals surface area contributed by atoms with Crippen molar-refractivity contribution in [3.63, 3.8) is 0 Å². The summed E-state index contributed by atoms with van der Waals surface area (Å²) in [6.45, 7) is -1.95. The van der Waals surface area contributed by atoms with Crippen LogP contribution in [-0.4, -0.2) is 35.5 Å². The average Bonchev–Trinajstić information content (AvgIpc) is 2.12. The van der Waals surface area contributed by atoms with E-state index in [2.05, 4.69) is 0 Å². The Labute approximate surface area is 103 Å². The van der Waals surface area contributed by atoms with Crippen molar-refractivity contribution < 1.29 is 52.7 Å². The molecule has 0 aromatic rings. The number of rotatable bonds is 4. The minimum absolute atomic E-state index is 0.799. The van der Waals surface area contributed by atoms with Gasteiger partial charge in [-0.15, -0.1) is 0 Å². The topological polar surface area (TPSA) is 0 Å². The third-order valence-electron chi connectivity index (χ3n) is 2.48. The Morgan fingerprint density at radius 3 is 0.950 bits per heavy atom. The van der Waals surface area contributed by atoms with Crippen LogP contribution in [0.3, 0.4) is 0 Å².